The summed E-state index contributed by atoms with van der Waals surface area (Å²) < 4.78 is 87.2. The fourth-order valence-electron chi connectivity index (χ4n) is 3.17. The molecule has 3 N–H and O–H groups in total. The van der Waals surface area contributed by atoms with Gasteiger partial charge in [-0.25, -0.2) is 0 Å². The first-order valence-electron chi connectivity index (χ1n) is 8.94. The third-order valence-electron chi connectivity index (χ3n) is 4.83. The molecule has 0 spiro atoms. The molecule has 0 radical (unpaired) electrons. The fourth-order valence-corrected chi connectivity index (χ4v) is 5.84. The third-order valence-corrected chi connectivity index (χ3v) is 8.51. The molecule has 34 heavy (non-hydrogen) atoms. The van der Waals surface area contributed by atoms with Crippen LogP contribution in [-0.4, -0.2) is 18.6 Å². The van der Waals surface area contributed by atoms with E-state index < -0.39 is 81.6 Å². The van der Waals surface area contributed by atoms with Crippen LogP contribution in [0.4, 0.5) is 26.3 Å². The molecule has 180 valence electrons. The van der Waals surface area contributed by atoms with E-state index in [1.165, 1.54) is 18.2 Å². The second-order valence-electron chi connectivity index (χ2n) is 7.03. The summed E-state index contributed by atoms with van der Waals surface area (Å²) in [7, 11) is 0. The molecule has 0 aromatic heterocycles. The summed E-state index contributed by atoms with van der Waals surface area (Å²) in [6.07, 6.45) is -12.2. The van der Waals surface area contributed by atoms with Gasteiger partial charge in [0.25, 0.3) is 0 Å². The molecule has 0 fully saturated rings. The molecule has 3 unspecified atom stereocenters. The van der Waals surface area contributed by atoms with Crippen LogP contribution in [0.3, 0.4) is 0 Å². The first-order chi connectivity index (χ1) is 15.6. The average Bonchev–Trinajstić information content (AvgIpc) is 2.77. The normalized spacial score (nSPS) is 15.8. The molecule has 0 aliphatic carbocycles. The van der Waals surface area contributed by atoms with E-state index in [9.17, 15) is 45.3 Å². The van der Waals surface area contributed by atoms with Crippen LogP contribution in [0.1, 0.15) is 39.5 Å². The summed E-state index contributed by atoms with van der Waals surface area (Å²) in [6.45, 7) is 0. The van der Waals surface area contributed by atoms with Gasteiger partial charge in [0.1, 0.15) is 0 Å². The average molecular weight is 597 g/mol. The summed E-state index contributed by atoms with van der Waals surface area (Å²) in [5.74, 6) is -2.15. The maximum absolute atomic E-state index is 13.3. The number of aliphatic hydroxyl groups is 2. The van der Waals surface area contributed by atoms with E-state index in [1.54, 1.807) is 0 Å². The zero-order chi connectivity index (χ0) is 26.1. The van der Waals surface area contributed by atoms with Crippen LogP contribution >= 0.6 is 20.2 Å². The monoisotopic (exact) mass is 597 g/mol. The molecule has 0 bridgehead atoms. The standard InChI is InChI=1S/C21H14F6IN3O3/c1-28(34)19(33,14-3-12(9-30)5-16(7-14)21(25,26)27)17(10-31)18(32)13-2-11(8-29)4-15(6-13)20(22,23)24/h2-7,17-18,32-34H,1H3. The molecule has 2 rings (SSSR count). The van der Waals surface area contributed by atoms with Gasteiger partial charge in [-0.2, -0.15) is 0 Å². The van der Waals surface area contributed by atoms with Gasteiger partial charge in [-0.1, -0.05) is 0 Å². The van der Waals surface area contributed by atoms with E-state index in [2.05, 4.69) is 0 Å². The van der Waals surface area contributed by atoms with Crippen molar-refractivity contribution in [3.8, 4) is 18.2 Å². The first kappa shape index (κ1) is 27.3. The zero-order valence-electron chi connectivity index (χ0n) is 16.9. The molecule has 0 amide bonds. The molecule has 6 nitrogen and oxygen atoms in total. The van der Waals surface area contributed by atoms with Crippen molar-refractivity contribution in [1.82, 2.24) is 0 Å². The Bertz CT molecular complexity index is 1210. The Morgan fingerprint density at radius 3 is 1.65 bits per heavy atom. The van der Waals surface area contributed by atoms with Gasteiger partial charge in [0, 0.05) is 0 Å². The Morgan fingerprint density at radius 2 is 1.24 bits per heavy atom. The van der Waals surface area contributed by atoms with Crippen molar-refractivity contribution in [2.45, 2.75) is 22.1 Å². The summed E-state index contributed by atoms with van der Waals surface area (Å²) in [5.41, 5.74) is -5.16. The van der Waals surface area contributed by atoms with Gasteiger partial charge in [0.2, 0.25) is 0 Å². The van der Waals surface area contributed by atoms with Crippen LogP contribution in [0.25, 0.3) is 0 Å². The van der Waals surface area contributed by atoms with Gasteiger partial charge in [-0.05, 0) is 0 Å². The van der Waals surface area contributed by atoms with Crippen LogP contribution < -0.4 is 0 Å². The van der Waals surface area contributed by atoms with E-state index in [0.29, 0.717) is 24.3 Å². The molecule has 13 heteroatoms. The SMILES string of the molecule is CI(O)C(O)(c1cc(C#N)cc(C(F)(F)F)c1)C(C#N)C(O)c1cc(C#N)cc(C(F)(F)F)c1. The van der Waals surface area contributed by atoms with Crippen molar-refractivity contribution in [2.75, 3.05) is 4.93 Å². The number of alkyl halides is 8. The maximum atomic E-state index is 13.3. The minimum atomic E-state index is -4.98. The number of benzene rings is 2. The number of hydrogen-bond acceptors (Lipinski definition) is 6. The first-order valence-corrected chi connectivity index (χ1v) is 13.1. The Kier molecular flexibility index (Phi) is 7.85. The molecular weight excluding hydrogens is 583 g/mol. The van der Waals surface area contributed by atoms with Crippen molar-refractivity contribution in [2.24, 2.45) is 5.92 Å². The number of rotatable bonds is 5. The van der Waals surface area contributed by atoms with Gasteiger partial charge in [-0.3, -0.25) is 0 Å². The second-order valence-corrected chi connectivity index (χ2v) is 11.2. The van der Waals surface area contributed by atoms with Crippen LogP contribution in [-0.2, 0) is 16.0 Å². The molecule has 0 saturated heterocycles. The molecule has 0 saturated carbocycles. The van der Waals surface area contributed by atoms with E-state index in [1.807, 2.05) is 0 Å². The molecular formula is C21H14F6IN3O3. The third kappa shape index (κ3) is 5.42. The molecule has 3 atom stereocenters. The van der Waals surface area contributed by atoms with Gasteiger partial charge < -0.3 is 0 Å². The van der Waals surface area contributed by atoms with Gasteiger partial charge in [-0.15, -0.1) is 0 Å². The topological polar surface area (TPSA) is 132 Å². The molecule has 2 aromatic rings. The van der Waals surface area contributed by atoms with Crippen molar-refractivity contribution in [1.29, 1.82) is 15.8 Å². The predicted molar refractivity (Wildman–Crippen MR) is 112 cm³/mol. The molecule has 2 aromatic carbocycles. The van der Waals surface area contributed by atoms with Crippen molar-refractivity contribution >= 4 is 20.2 Å². The van der Waals surface area contributed by atoms with Crippen LogP contribution in [0, 0.1) is 39.9 Å². The van der Waals surface area contributed by atoms with Gasteiger partial charge in [0.05, 0.1) is 0 Å². The predicted octanol–water partition coefficient (Wildman–Crippen LogP) is 4.53. The van der Waals surface area contributed by atoms with E-state index in [0.717, 1.165) is 17.1 Å². The molecule has 0 heterocycles. The number of nitrogens with zero attached hydrogens (tertiary/aromatic N) is 3. The van der Waals surface area contributed by atoms with Crippen molar-refractivity contribution in [3.63, 3.8) is 0 Å². The Labute approximate surface area is 196 Å². The molecule has 0 aliphatic heterocycles. The van der Waals surface area contributed by atoms with Crippen molar-refractivity contribution < 1.29 is 40.0 Å². The van der Waals surface area contributed by atoms with E-state index in [4.69, 9.17) is 10.5 Å². The summed E-state index contributed by atoms with van der Waals surface area (Å²) >= 11 is -3.85. The van der Waals surface area contributed by atoms with Crippen LogP contribution in [0.5, 0.6) is 0 Å². The summed E-state index contributed by atoms with van der Waals surface area (Å²) in [4.78, 5) is 1.04. The molecule has 0 aliphatic rings. The van der Waals surface area contributed by atoms with Gasteiger partial charge >= 0.3 is 197 Å². The Balaban J connectivity index is 2.76. The zero-order valence-corrected chi connectivity index (χ0v) is 19.1. The van der Waals surface area contributed by atoms with Gasteiger partial charge in [0.15, 0.2) is 0 Å². The fraction of sp³-hybridized carbons (Fsp3) is 0.286. The number of aliphatic hydroxyl groups excluding tert-OH is 1. The minimum absolute atomic E-state index is 0.398. The number of nitriles is 3. The summed E-state index contributed by atoms with van der Waals surface area (Å²) in [5, 5.41) is 49.9. The Hall–Kier alpha value is -2.90. The quantitative estimate of drug-likeness (QED) is 0.264. The number of halogens is 7. The second kappa shape index (κ2) is 9.76. The summed E-state index contributed by atoms with van der Waals surface area (Å²) in [6, 6.07) is 7.79. The Morgan fingerprint density at radius 1 is 0.794 bits per heavy atom. The van der Waals surface area contributed by atoms with Crippen LogP contribution in [0.15, 0.2) is 36.4 Å². The van der Waals surface area contributed by atoms with Crippen molar-refractivity contribution in [3.05, 3.63) is 69.8 Å². The van der Waals surface area contributed by atoms with E-state index in [-0.39, 0.29) is 0 Å². The van der Waals surface area contributed by atoms with Crippen LogP contribution in [0.2, 0.25) is 0 Å². The number of hydrogen-bond donors (Lipinski definition) is 3. The van der Waals surface area contributed by atoms with E-state index >= 15 is 0 Å².